The maximum absolute atomic E-state index is 13.4. The summed E-state index contributed by atoms with van der Waals surface area (Å²) in [5.41, 5.74) is 0.831. The van der Waals surface area contributed by atoms with Crippen molar-refractivity contribution in [2.75, 3.05) is 5.32 Å². The number of anilines is 1. The highest BCUT2D eigenvalue weighted by atomic mass is 79.9. The van der Waals surface area contributed by atoms with Gasteiger partial charge in [0, 0.05) is 11.7 Å². The molecule has 0 saturated carbocycles. The smallest absolute Gasteiger partial charge is 0.139 e. The molecule has 1 aromatic rings. The fraction of sp³-hybridized carbons (Fsp3) is 0.538. The number of ether oxygens (including phenoxy) is 1. The number of hydrogen-bond acceptors (Lipinski definition) is 2. The Morgan fingerprint density at radius 3 is 2.53 bits per heavy atom. The SMILES string of the molecule is CC1CC(Nc2ccc(Br)c(F)c2)CC(C)O1. The first-order valence-corrected chi connectivity index (χ1v) is 6.71. The van der Waals surface area contributed by atoms with E-state index >= 15 is 0 Å². The van der Waals surface area contributed by atoms with Crippen molar-refractivity contribution in [3.05, 3.63) is 28.5 Å². The minimum absolute atomic E-state index is 0.233. The number of hydrogen-bond donors (Lipinski definition) is 1. The molecule has 0 radical (unpaired) electrons. The molecule has 1 fully saturated rings. The van der Waals surface area contributed by atoms with Gasteiger partial charge in [0.2, 0.25) is 0 Å². The van der Waals surface area contributed by atoms with Crippen LogP contribution in [0.2, 0.25) is 0 Å². The summed E-state index contributed by atoms with van der Waals surface area (Å²) in [5, 5.41) is 3.37. The van der Waals surface area contributed by atoms with Crippen molar-refractivity contribution in [2.24, 2.45) is 0 Å². The van der Waals surface area contributed by atoms with Gasteiger partial charge in [0.25, 0.3) is 0 Å². The lowest BCUT2D eigenvalue weighted by Crippen LogP contribution is -2.36. The molecular weight excluding hydrogens is 285 g/mol. The molecule has 0 aromatic heterocycles. The van der Waals surface area contributed by atoms with Crippen molar-refractivity contribution >= 4 is 21.6 Å². The van der Waals surface area contributed by atoms with Gasteiger partial charge in [-0.25, -0.2) is 4.39 Å². The molecule has 1 aromatic carbocycles. The van der Waals surface area contributed by atoms with Gasteiger partial charge in [0.05, 0.1) is 16.7 Å². The molecule has 1 aliphatic rings. The molecule has 1 heterocycles. The van der Waals surface area contributed by atoms with Crippen molar-refractivity contribution < 1.29 is 9.13 Å². The highest BCUT2D eigenvalue weighted by Crippen LogP contribution is 2.24. The first-order valence-electron chi connectivity index (χ1n) is 5.91. The molecule has 17 heavy (non-hydrogen) atoms. The van der Waals surface area contributed by atoms with E-state index in [1.54, 1.807) is 6.07 Å². The van der Waals surface area contributed by atoms with Gasteiger partial charge in [0.15, 0.2) is 0 Å². The average molecular weight is 302 g/mol. The second kappa shape index (κ2) is 5.36. The van der Waals surface area contributed by atoms with Crippen LogP contribution in [0.4, 0.5) is 10.1 Å². The zero-order valence-electron chi connectivity index (χ0n) is 10.0. The minimum atomic E-state index is -0.233. The summed E-state index contributed by atoms with van der Waals surface area (Å²) in [5.74, 6) is -0.233. The summed E-state index contributed by atoms with van der Waals surface area (Å²) < 4.78 is 19.5. The van der Waals surface area contributed by atoms with Crippen LogP contribution in [0, 0.1) is 5.82 Å². The Kier molecular flexibility index (Phi) is 4.05. The molecule has 2 nitrogen and oxygen atoms in total. The highest BCUT2D eigenvalue weighted by molar-refractivity contribution is 9.10. The molecule has 0 aliphatic carbocycles. The van der Waals surface area contributed by atoms with Crippen molar-refractivity contribution in [2.45, 2.75) is 44.9 Å². The average Bonchev–Trinajstić information content (AvgIpc) is 2.22. The van der Waals surface area contributed by atoms with Crippen LogP contribution in [0.1, 0.15) is 26.7 Å². The Hall–Kier alpha value is -0.610. The van der Waals surface area contributed by atoms with Crippen molar-refractivity contribution in [1.82, 2.24) is 0 Å². The normalized spacial score (nSPS) is 29.1. The minimum Gasteiger partial charge on any atom is -0.382 e. The van der Waals surface area contributed by atoms with Gasteiger partial charge in [-0.2, -0.15) is 0 Å². The van der Waals surface area contributed by atoms with Crippen LogP contribution in [0.5, 0.6) is 0 Å². The van der Waals surface area contributed by atoms with Gasteiger partial charge in [0.1, 0.15) is 5.82 Å². The monoisotopic (exact) mass is 301 g/mol. The summed E-state index contributed by atoms with van der Waals surface area (Å²) in [7, 11) is 0. The molecule has 1 aliphatic heterocycles. The van der Waals surface area contributed by atoms with Crippen LogP contribution in [0.25, 0.3) is 0 Å². The van der Waals surface area contributed by atoms with Gasteiger partial charge < -0.3 is 10.1 Å². The van der Waals surface area contributed by atoms with E-state index in [2.05, 4.69) is 35.1 Å². The van der Waals surface area contributed by atoms with E-state index in [1.165, 1.54) is 6.07 Å². The van der Waals surface area contributed by atoms with E-state index in [0.29, 0.717) is 10.5 Å². The summed E-state index contributed by atoms with van der Waals surface area (Å²) in [6.45, 7) is 4.15. The van der Waals surface area contributed by atoms with E-state index < -0.39 is 0 Å². The van der Waals surface area contributed by atoms with E-state index in [9.17, 15) is 4.39 Å². The molecule has 0 bridgehead atoms. The molecule has 0 spiro atoms. The van der Waals surface area contributed by atoms with Crippen LogP contribution in [-0.2, 0) is 4.74 Å². The maximum atomic E-state index is 13.4. The predicted molar refractivity (Wildman–Crippen MR) is 70.8 cm³/mol. The number of halogens is 2. The third-order valence-corrected chi connectivity index (χ3v) is 3.63. The zero-order chi connectivity index (χ0) is 12.4. The Bertz CT molecular complexity index is 389. The lowest BCUT2D eigenvalue weighted by Gasteiger charge is -2.33. The standard InChI is InChI=1S/C13H17BrFNO/c1-8-5-11(6-9(2)17-8)16-10-3-4-12(14)13(15)7-10/h3-4,7-9,11,16H,5-6H2,1-2H3. The first kappa shape index (κ1) is 12.8. The lowest BCUT2D eigenvalue weighted by molar-refractivity contribution is -0.0337. The van der Waals surface area contributed by atoms with Gasteiger partial charge in [-0.1, -0.05) is 0 Å². The fourth-order valence-electron chi connectivity index (χ4n) is 2.34. The maximum Gasteiger partial charge on any atom is 0.139 e. The Morgan fingerprint density at radius 2 is 1.94 bits per heavy atom. The van der Waals surface area contributed by atoms with Gasteiger partial charge >= 0.3 is 0 Å². The molecule has 2 rings (SSSR count). The number of benzene rings is 1. The topological polar surface area (TPSA) is 21.3 Å². The predicted octanol–water partition coefficient (Wildman–Crippen LogP) is 3.96. The van der Waals surface area contributed by atoms with Crippen LogP contribution in [0.15, 0.2) is 22.7 Å². The zero-order valence-corrected chi connectivity index (χ0v) is 11.6. The summed E-state index contributed by atoms with van der Waals surface area (Å²) in [4.78, 5) is 0. The number of nitrogens with one attached hydrogen (secondary N) is 1. The molecule has 4 heteroatoms. The van der Waals surface area contributed by atoms with Crippen molar-refractivity contribution in [3.63, 3.8) is 0 Å². The molecule has 0 amide bonds. The second-order valence-corrected chi connectivity index (χ2v) is 5.55. The lowest BCUT2D eigenvalue weighted by atomic mass is 9.99. The highest BCUT2D eigenvalue weighted by Gasteiger charge is 2.24. The molecular formula is C13H17BrFNO. The quantitative estimate of drug-likeness (QED) is 0.893. The van der Waals surface area contributed by atoms with Crippen molar-refractivity contribution in [3.8, 4) is 0 Å². The Balaban J connectivity index is 2.02. The largest absolute Gasteiger partial charge is 0.382 e. The summed E-state index contributed by atoms with van der Waals surface area (Å²) >= 11 is 3.15. The molecule has 1 saturated heterocycles. The molecule has 94 valence electrons. The van der Waals surface area contributed by atoms with Crippen LogP contribution < -0.4 is 5.32 Å². The molecule has 1 N–H and O–H groups in total. The van der Waals surface area contributed by atoms with Gasteiger partial charge in [-0.15, -0.1) is 0 Å². The number of rotatable bonds is 2. The Labute approximate surface area is 110 Å². The van der Waals surface area contributed by atoms with Crippen LogP contribution in [0.3, 0.4) is 0 Å². The molecule has 2 atom stereocenters. The summed E-state index contributed by atoms with van der Waals surface area (Å²) in [6.07, 6.45) is 2.44. The first-order chi connectivity index (χ1) is 8.04. The Morgan fingerprint density at radius 1 is 1.29 bits per heavy atom. The molecule has 2 unspecified atom stereocenters. The van der Waals surface area contributed by atoms with Crippen LogP contribution in [-0.4, -0.2) is 18.2 Å². The van der Waals surface area contributed by atoms with E-state index in [-0.39, 0.29) is 18.0 Å². The van der Waals surface area contributed by atoms with E-state index in [4.69, 9.17) is 4.74 Å². The van der Waals surface area contributed by atoms with E-state index in [1.807, 2.05) is 6.07 Å². The second-order valence-electron chi connectivity index (χ2n) is 4.70. The van der Waals surface area contributed by atoms with Crippen LogP contribution >= 0.6 is 15.9 Å². The summed E-state index contributed by atoms with van der Waals surface area (Å²) in [6, 6.07) is 5.49. The van der Waals surface area contributed by atoms with E-state index in [0.717, 1.165) is 18.5 Å². The fourth-order valence-corrected chi connectivity index (χ4v) is 2.59. The third-order valence-electron chi connectivity index (χ3n) is 2.99. The van der Waals surface area contributed by atoms with Crippen molar-refractivity contribution in [1.29, 1.82) is 0 Å². The van der Waals surface area contributed by atoms with Gasteiger partial charge in [-0.3, -0.25) is 0 Å². The third kappa shape index (κ3) is 3.42. The van der Waals surface area contributed by atoms with Gasteiger partial charge in [-0.05, 0) is 60.8 Å².